The number of aromatic nitrogens is 2. The zero-order valence-electron chi connectivity index (χ0n) is 9.18. The number of carbonyl (C=O) groups is 2. The first-order valence-electron chi connectivity index (χ1n) is 5.43. The molecule has 92 valence electrons. The highest BCUT2D eigenvalue weighted by Gasteiger charge is 2.41. The first kappa shape index (κ1) is 12.0. The van der Waals surface area contributed by atoms with E-state index in [1.165, 1.54) is 5.38 Å². The van der Waals surface area contributed by atoms with E-state index in [-0.39, 0.29) is 18.1 Å². The summed E-state index contributed by atoms with van der Waals surface area (Å²) in [6.45, 7) is 0.165. The number of carboxylic acids is 1. The van der Waals surface area contributed by atoms with Gasteiger partial charge < -0.3 is 10.4 Å². The molecule has 1 fully saturated rings. The first-order valence-corrected chi connectivity index (χ1v) is 6.26. The molecule has 1 heterocycles. The Hall–Kier alpha value is -1.50. The highest BCUT2D eigenvalue weighted by Crippen LogP contribution is 2.37. The van der Waals surface area contributed by atoms with Crippen LogP contribution >= 0.6 is 11.5 Å². The molecule has 6 nitrogen and oxygen atoms in total. The molecule has 2 N–H and O–H groups in total. The fraction of sp³-hybridized carbons (Fsp3) is 0.600. The molecular weight excluding hydrogens is 242 g/mol. The lowest BCUT2D eigenvalue weighted by atomic mass is 9.86. The molecule has 0 bridgehead atoms. The summed E-state index contributed by atoms with van der Waals surface area (Å²) in [7, 11) is 0. The minimum Gasteiger partial charge on any atom is -0.481 e. The molecule has 1 aromatic rings. The van der Waals surface area contributed by atoms with Gasteiger partial charge in [-0.05, 0) is 24.4 Å². The Morgan fingerprint density at radius 1 is 1.47 bits per heavy atom. The standard InChI is InChI=1S/C10H13N3O3S/c14-8(7-5-17-13-12-7)11-6-10(9(15)16)3-1-2-4-10/h5H,1-4,6H2,(H,11,14)(H,15,16). The van der Waals surface area contributed by atoms with Gasteiger partial charge in [0, 0.05) is 11.9 Å². The van der Waals surface area contributed by atoms with Crippen molar-refractivity contribution in [2.45, 2.75) is 25.7 Å². The summed E-state index contributed by atoms with van der Waals surface area (Å²) < 4.78 is 3.59. The summed E-state index contributed by atoms with van der Waals surface area (Å²) in [5.41, 5.74) is -0.549. The molecule has 0 saturated heterocycles. The molecule has 1 aromatic heterocycles. The number of amides is 1. The maximum absolute atomic E-state index is 11.6. The predicted octanol–water partition coefficient (Wildman–Crippen LogP) is 0.913. The Morgan fingerprint density at radius 3 is 2.71 bits per heavy atom. The average molecular weight is 255 g/mol. The van der Waals surface area contributed by atoms with E-state index in [0.717, 1.165) is 24.4 Å². The van der Waals surface area contributed by atoms with Crippen molar-refractivity contribution in [3.8, 4) is 0 Å². The van der Waals surface area contributed by atoms with Gasteiger partial charge in [0.25, 0.3) is 5.91 Å². The lowest BCUT2D eigenvalue weighted by molar-refractivity contribution is -0.148. The second-order valence-corrected chi connectivity index (χ2v) is 4.88. The number of hydrogen-bond acceptors (Lipinski definition) is 5. The molecule has 1 amide bonds. The quantitative estimate of drug-likeness (QED) is 0.834. The van der Waals surface area contributed by atoms with Crippen molar-refractivity contribution in [1.82, 2.24) is 14.9 Å². The van der Waals surface area contributed by atoms with Gasteiger partial charge in [0.1, 0.15) is 0 Å². The van der Waals surface area contributed by atoms with Crippen molar-refractivity contribution < 1.29 is 14.7 Å². The summed E-state index contributed by atoms with van der Waals surface area (Å²) >= 11 is 1.09. The Bertz CT molecular complexity index is 412. The number of hydrogen-bond donors (Lipinski definition) is 2. The Labute approximate surface area is 102 Å². The van der Waals surface area contributed by atoms with E-state index in [9.17, 15) is 14.7 Å². The summed E-state index contributed by atoms with van der Waals surface area (Å²) in [6.07, 6.45) is 3.05. The minimum atomic E-state index is -0.827. The van der Waals surface area contributed by atoms with Gasteiger partial charge in [-0.2, -0.15) is 0 Å². The smallest absolute Gasteiger partial charge is 0.311 e. The van der Waals surface area contributed by atoms with Crippen molar-refractivity contribution in [2.24, 2.45) is 5.41 Å². The summed E-state index contributed by atoms with van der Waals surface area (Å²) in [5.74, 6) is -1.18. The second-order valence-electron chi connectivity index (χ2n) is 4.27. The van der Waals surface area contributed by atoms with E-state index < -0.39 is 11.4 Å². The fourth-order valence-electron chi connectivity index (χ4n) is 2.12. The predicted molar refractivity (Wildman–Crippen MR) is 60.8 cm³/mol. The maximum Gasteiger partial charge on any atom is 0.311 e. The van der Waals surface area contributed by atoms with Crippen LogP contribution in [-0.2, 0) is 4.79 Å². The SMILES string of the molecule is O=C(NCC1(C(=O)O)CCCC1)c1csnn1. The highest BCUT2D eigenvalue weighted by molar-refractivity contribution is 7.03. The van der Waals surface area contributed by atoms with Gasteiger partial charge >= 0.3 is 5.97 Å². The number of nitrogens with zero attached hydrogens (tertiary/aromatic N) is 2. The molecule has 1 saturated carbocycles. The Balaban J connectivity index is 1.97. The van der Waals surface area contributed by atoms with Gasteiger partial charge in [-0.25, -0.2) is 0 Å². The van der Waals surface area contributed by atoms with Crippen molar-refractivity contribution in [1.29, 1.82) is 0 Å². The zero-order chi connectivity index (χ0) is 12.3. The molecule has 1 aliphatic rings. The minimum absolute atomic E-state index is 0.165. The Kier molecular flexibility index (Phi) is 3.37. The number of carbonyl (C=O) groups excluding carboxylic acids is 1. The van der Waals surface area contributed by atoms with Gasteiger partial charge in [0.05, 0.1) is 5.41 Å². The molecule has 0 spiro atoms. The number of aliphatic carboxylic acids is 1. The van der Waals surface area contributed by atoms with Gasteiger partial charge in [-0.15, -0.1) is 5.10 Å². The van der Waals surface area contributed by atoms with E-state index in [1.807, 2.05) is 0 Å². The highest BCUT2D eigenvalue weighted by atomic mass is 32.1. The van der Waals surface area contributed by atoms with Crippen LogP contribution in [0.1, 0.15) is 36.2 Å². The van der Waals surface area contributed by atoms with Crippen LogP contribution in [0.3, 0.4) is 0 Å². The molecule has 0 unspecified atom stereocenters. The molecule has 2 rings (SSSR count). The third kappa shape index (κ3) is 2.44. The lowest BCUT2D eigenvalue weighted by Gasteiger charge is -2.23. The zero-order valence-corrected chi connectivity index (χ0v) is 10.00. The second kappa shape index (κ2) is 4.79. The van der Waals surface area contributed by atoms with Crippen LogP contribution in [0.4, 0.5) is 0 Å². The fourth-order valence-corrected chi connectivity index (χ4v) is 2.56. The Morgan fingerprint density at radius 2 is 2.18 bits per heavy atom. The molecular formula is C10H13N3O3S. The van der Waals surface area contributed by atoms with Crippen LogP contribution in [0.25, 0.3) is 0 Å². The van der Waals surface area contributed by atoms with Crippen LogP contribution in [0, 0.1) is 5.41 Å². The van der Waals surface area contributed by atoms with E-state index in [0.29, 0.717) is 12.8 Å². The number of rotatable bonds is 4. The van der Waals surface area contributed by atoms with E-state index >= 15 is 0 Å². The molecule has 7 heteroatoms. The van der Waals surface area contributed by atoms with Crippen LogP contribution in [0.5, 0.6) is 0 Å². The largest absolute Gasteiger partial charge is 0.481 e. The number of carboxylic acid groups (broad SMARTS) is 1. The normalized spacial score (nSPS) is 17.9. The average Bonchev–Trinajstić information content (AvgIpc) is 2.97. The van der Waals surface area contributed by atoms with Crippen molar-refractivity contribution in [3.63, 3.8) is 0 Å². The van der Waals surface area contributed by atoms with E-state index in [2.05, 4.69) is 14.9 Å². The molecule has 0 radical (unpaired) electrons. The third-order valence-electron chi connectivity index (χ3n) is 3.19. The topological polar surface area (TPSA) is 92.2 Å². The lowest BCUT2D eigenvalue weighted by Crippen LogP contribution is -2.41. The van der Waals surface area contributed by atoms with Crippen molar-refractivity contribution in [2.75, 3.05) is 6.54 Å². The van der Waals surface area contributed by atoms with Gasteiger partial charge in [0.2, 0.25) is 0 Å². The van der Waals surface area contributed by atoms with Crippen LogP contribution in [-0.4, -0.2) is 33.1 Å². The van der Waals surface area contributed by atoms with Crippen LogP contribution < -0.4 is 5.32 Å². The van der Waals surface area contributed by atoms with E-state index in [1.54, 1.807) is 0 Å². The summed E-state index contributed by atoms with van der Waals surface area (Å²) in [5, 5.41) is 17.0. The first-order chi connectivity index (χ1) is 8.14. The van der Waals surface area contributed by atoms with Gasteiger partial charge in [-0.3, -0.25) is 9.59 Å². The monoisotopic (exact) mass is 255 g/mol. The maximum atomic E-state index is 11.6. The van der Waals surface area contributed by atoms with Gasteiger partial charge in [0.15, 0.2) is 5.69 Å². The van der Waals surface area contributed by atoms with E-state index in [4.69, 9.17) is 0 Å². The molecule has 0 aliphatic heterocycles. The number of nitrogens with one attached hydrogen (secondary N) is 1. The van der Waals surface area contributed by atoms with Crippen LogP contribution in [0.15, 0.2) is 5.38 Å². The van der Waals surface area contributed by atoms with Crippen molar-refractivity contribution >= 4 is 23.4 Å². The molecule has 0 aromatic carbocycles. The third-order valence-corrected chi connectivity index (χ3v) is 3.70. The molecule has 1 aliphatic carbocycles. The summed E-state index contributed by atoms with van der Waals surface area (Å²) in [6, 6.07) is 0. The van der Waals surface area contributed by atoms with Crippen molar-refractivity contribution in [3.05, 3.63) is 11.1 Å². The molecule has 0 atom stereocenters. The van der Waals surface area contributed by atoms with Crippen LogP contribution in [0.2, 0.25) is 0 Å². The summed E-state index contributed by atoms with van der Waals surface area (Å²) in [4.78, 5) is 22.9. The molecule has 17 heavy (non-hydrogen) atoms. The van der Waals surface area contributed by atoms with Gasteiger partial charge in [-0.1, -0.05) is 17.3 Å².